The van der Waals surface area contributed by atoms with E-state index in [9.17, 15) is 0 Å². The zero-order valence-electron chi connectivity index (χ0n) is 11.5. The number of hydrogen-bond donors (Lipinski definition) is 1. The Hall–Kier alpha value is -1.95. The van der Waals surface area contributed by atoms with Gasteiger partial charge in [-0.1, -0.05) is 13.8 Å². The number of nitrogens with two attached hydrogens (primary N) is 1. The molecule has 0 aliphatic heterocycles. The van der Waals surface area contributed by atoms with Gasteiger partial charge in [-0.2, -0.15) is 5.10 Å². The highest BCUT2D eigenvalue weighted by Gasteiger charge is 2.08. The van der Waals surface area contributed by atoms with E-state index in [-0.39, 0.29) is 0 Å². The van der Waals surface area contributed by atoms with Crippen LogP contribution in [0.3, 0.4) is 0 Å². The molecule has 2 N–H and O–H groups in total. The zero-order valence-corrected chi connectivity index (χ0v) is 11.5. The second kappa shape index (κ2) is 5.79. The molecule has 6 heteroatoms. The molecule has 2 aromatic rings. The Kier molecular flexibility index (Phi) is 4.11. The fourth-order valence-corrected chi connectivity index (χ4v) is 1.65. The molecule has 19 heavy (non-hydrogen) atoms. The van der Waals surface area contributed by atoms with Gasteiger partial charge in [-0.25, -0.2) is 14.6 Å². The van der Waals surface area contributed by atoms with Crippen molar-refractivity contribution in [3.63, 3.8) is 0 Å². The number of ether oxygens (including phenoxy) is 1. The number of nitrogen functional groups attached to an aromatic ring is 1. The monoisotopic (exact) mass is 261 g/mol. The van der Waals surface area contributed by atoms with Crippen LogP contribution < -0.4 is 5.73 Å². The first-order valence-corrected chi connectivity index (χ1v) is 6.37. The first-order chi connectivity index (χ1) is 9.10. The number of anilines is 1. The third-order valence-electron chi connectivity index (χ3n) is 2.65. The van der Waals surface area contributed by atoms with Crippen molar-refractivity contribution in [1.82, 2.24) is 19.7 Å². The van der Waals surface area contributed by atoms with Gasteiger partial charge in [0.15, 0.2) is 11.6 Å². The molecule has 0 radical (unpaired) electrons. The number of nitrogens with zero attached hydrogens (tertiary/aromatic N) is 4. The first kappa shape index (κ1) is 13.5. The van der Waals surface area contributed by atoms with E-state index in [1.807, 2.05) is 19.2 Å². The second-order valence-corrected chi connectivity index (χ2v) is 4.54. The van der Waals surface area contributed by atoms with E-state index in [1.54, 1.807) is 10.7 Å². The van der Waals surface area contributed by atoms with Crippen molar-refractivity contribution in [3.05, 3.63) is 29.8 Å². The Morgan fingerprint density at radius 1 is 1.37 bits per heavy atom. The minimum absolute atomic E-state index is 0.354. The van der Waals surface area contributed by atoms with E-state index < -0.39 is 0 Å². The van der Waals surface area contributed by atoms with Gasteiger partial charge in [0.25, 0.3) is 0 Å². The molecule has 2 heterocycles. The van der Waals surface area contributed by atoms with Crippen LogP contribution in [0.4, 0.5) is 5.82 Å². The molecular formula is C13H19N5O. The van der Waals surface area contributed by atoms with Crippen molar-refractivity contribution in [3.8, 4) is 5.82 Å². The van der Waals surface area contributed by atoms with Gasteiger partial charge in [-0.15, -0.1) is 0 Å². The van der Waals surface area contributed by atoms with E-state index in [1.165, 1.54) is 0 Å². The van der Waals surface area contributed by atoms with E-state index >= 15 is 0 Å². The molecule has 102 valence electrons. The summed E-state index contributed by atoms with van der Waals surface area (Å²) >= 11 is 0. The normalized spacial score (nSPS) is 11.2. The summed E-state index contributed by atoms with van der Waals surface area (Å²) in [6.45, 7) is 7.10. The molecule has 6 nitrogen and oxygen atoms in total. The van der Waals surface area contributed by atoms with Gasteiger partial charge in [0.2, 0.25) is 0 Å². The maximum atomic E-state index is 5.79. The van der Waals surface area contributed by atoms with Crippen molar-refractivity contribution in [2.45, 2.75) is 33.3 Å². The molecule has 0 aliphatic carbocycles. The molecule has 0 fully saturated rings. The van der Waals surface area contributed by atoms with Gasteiger partial charge >= 0.3 is 0 Å². The van der Waals surface area contributed by atoms with Crippen LogP contribution in [-0.4, -0.2) is 26.4 Å². The summed E-state index contributed by atoms with van der Waals surface area (Å²) < 4.78 is 7.01. The van der Waals surface area contributed by atoms with E-state index in [4.69, 9.17) is 10.5 Å². The van der Waals surface area contributed by atoms with Gasteiger partial charge in [0.1, 0.15) is 12.4 Å². The van der Waals surface area contributed by atoms with Crippen LogP contribution in [0.2, 0.25) is 0 Å². The van der Waals surface area contributed by atoms with Crippen LogP contribution in [0.1, 0.15) is 38.2 Å². The van der Waals surface area contributed by atoms with E-state index in [0.717, 1.165) is 5.69 Å². The van der Waals surface area contributed by atoms with Crippen LogP contribution in [0.5, 0.6) is 0 Å². The average Bonchev–Trinajstić information content (AvgIpc) is 2.85. The zero-order chi connectivity index (χ0) is 13.8. The standard InChI is InChI=1S/C13H19N5O/c1-4-19-8-12-15-11(14)7-13(16-12)18-6-5-10(17-18)9(2)3/h5-7,9H,4,8H2,1-3H3,(H2,14,15,16). The Morgan fingerprint density at radius 2 is 2.16 bits per heavy atom. The summed E-state index contributed by atoms with van der Waals surface area (Å²) in [5.41, 5.74) is 6.80. The van der Waals surface area contributed by atoms with Gasteiger partial charge in [-0.05, 0) is 18.9 Å². The Morgan fingerprint density at radius 3 is 2.79 bits per heavy atom. The average molecular weight is 261 g/mol. The Bertz CT molecular complexity index is 550. The maximum Gasteiger partial charge on any atom is 0.159 e. The summed E-state index contributed by atoms with van der Waals surface area (Å²) in [7, 11) is 0. The molecular weight excluding hydrogens is 242 g/mol. The quantitative estimate of drug-likeness (QED) is 0.889. The van der Waals surface area contributed by atoms with Gasteiger partial charge in [0.05, 0.1) is 5.69 Å². The summed E-state index contributed by atoms with van der Waals surface area (Å²) in [6.07, 6.45) is 1.88. The van der Waals surface area contributed by atoms with Crippen molar-refractivity contribution < 1.29 is 4.74 Å². The van der Waals surface area contributed by atoms with Crippen molar-refractivity contribution in [1.29, 1.82) is 0 Å². The van der Waals surface area contributed by atoms with Crippen molar-refractivity contribution in [2.24, 2.45) is 0 Å². The molecule has 0 unspecified atom stereocenters. The summed E-state index contributed by atoms with van der Waals surface area (Å²) in [5.74, 6) is 2.03. The third kappa shape index (κ3) is 3.29. The Balaban J connectivity index is 2.29. The van der Waals surface area contributed by atoms with E-state index in [2.05, 4.69) is 28.9 Å². The molecule has 0 saturated heterocycles. The Labute approximate surface area is 112 Å². The second-order valence-electron chi connectivity index (χ2n) is 4.54. The minimum Gasteiger partial charge on any atom is -0.384 e. The topological polar surface area (TPSA) is 78.9 Å². The number of hydrogen-bond acceptors (Lipinski definition) is 5. The van der Waals surface area contributed by atoms with Gasteiger partial charge < -0.3 is 10.5 Å². The minimum atomic E-state index is 0.354. The SMILES string of the molecule is CCOCc1nc(N)cc(-n2ccc(C(C)C)n2)n1. The summed E-state index contributed by atoms with van der Waals surface area (Å²) in [5, 5.41) is 4.47. The lowest BCUT2D eigenvalue weighted by Crippen LogP contribution is -2.08. The smallest absolute Gasteiger partial charge is 0.159 e. The molecule has 0 saturated carbocycles. The van der Waals surface area contributed by atoms with Gasteiger partial charge in [0, 0.05) is 18.9 Å². The van der Waals surface area contributed by atoms with Crippen molar-refractivity contribution >= 4 is 5.82 Å². The molecule has 0 bridgehead atoms. The largest absolute Gasteiger partial charge is 0.384 e. The first-order valence-electron chi connectivity index (χ1n) is 6.37. The number of rotatable bonds is 5. The summed E-state index contributed by atoms with van der Waals surface area (Å²) in [6, 6.07) is 3.68. The van der Waals surface area contributed by atoms with Crippen molar-refractivity contribution in [2.75, 3.05) is 12.3 Å². The van der Waals surface area contributed by atoms with Crippen LogP contribution in [-0.2, 0) is 11.3 Å². The predicted molar refractivity (Wildman–Crippen MR) is 73.0 cm³/mol. The highest BCUT2D eigenvalue weighted by Crippen LogP contribution is 2.14. The van der Waals surface area contributed by atoms with Crippen LogP contribution >= 0.6 is 0 Å². The van der Waals surface area contributed by atoms with Crippen LogP contribution in [0, 0.1) is 0 Å². The fourth-order valence-electron chi connectivity index (χ4n) is 1.65. The number of aromatic nitrogens is 4. The molecule has 0 aliphatic rings. The summed E-state index contributed by atoms with van der Waals surface area (Å²) in [4.78, 5) is 8.54. The highest BCUT2D eigenvalue weighted by atomic mass is 16.5. The lowest BCUT2D eigenvalue weighted by Gasteiger charge is -2.06. The molecule has 0 amide bonds. The van der Waals surface area contributed by atoms with Crippen LogP contribution in [0.25, 0.3) is 5.82 Å². The molecule has 0 atom stereocenters. The molecule has 0 spiro atoms. The molecule has 2 aromatic heterocycles. The van der Waals surface area contributed by atoms with Crippen LogP contribution in [0.15, 0.2) is 18.3 Å². The fraction of sp³-hybridized carbons (Fsp3) is 0.462. The lowest BCUT2D eigenvalue weighted by atomic mass is 10.1. The van der Waals surface area contributed by atoms with Gasteiger partial charge in [-0.3, -0.25) is 0 Å². The molecule has 0 aromatic carbocycles. The highest BCUT2D eigenvalue weighted by molar-refractivity contribution is 5.37. The third-order valence-corrected chi connectivity index (χ3v) is 2.65. The maximum absolute atomic E-state index is 5.79. The predicted octanol–water partition coefficient (Wildman–Crippen LogP) is 1.90. The van der Waals surface area contributed by atoms with E-state index in [0.29, 0.717) is 36.6 Å². The lowest BCUT2D eigenvalue weighted by molar-refractivity contribution is 0.128. The molecule has 2 rings (SSSR count).